The van der Waals surface area contributed by atoms with Crippen LogP contribution >= 0.6 is 10.7 Å². The van der Waals surface area contributed by atoms with Gasteiger partial charge < -0.3 is 0 Å². The van der Waals surface area contributed by atoms with E-state index < -0.39 is 18.8 Å². The van der Waals surface area contributed by atoms with Crippen LogP contribution in [0, 0.1) is 0 Å². The second-order valence-corrected chi connectivity index (χ2v) is 9.02. The number of nitrogens with zero attached hydrogens (tertiary/aromatic N) is 1. The van der Waals surface area contributed by atoms with E-state index in [-0.39, 0.29) is 4.90 Å². The van der Waals surface area contributed by atoms with E-state index in [0.29, 0.717) is 17.2 Å². The Kier molecular flexibility index (Phi) is 3.47. The largest absolute Gasteiger partial charge is 0.261 e. The predicted molar refractivity (Wildman–Crippen MR) is 68.7 cm³/mol. The molecule has 0 aromatic heterocycles. The predicted octanol–water partition coefficient (Wildman–Crippen LogP) is 2.51. The first-order valence-corrected chi connectivity index (χ1v) is 9.33. The molecule has 7 heteroatoms. The third-order valence-electron chi connectivity index (χ3n) is 2.57. The number of hydrogen-bond donors (Lipinski definition) is 0. The Labute approximate surface area is 106 Å². The van der Waals surface area contributed by atoms with Gasteiger partial charge in [-0.3, -0.25) is 0 Å². The molecular weight excluding hydrogens is 282 g/mol. The first-order valence-electron chi connectivity index (χ1n) is 5.16. The van der Waals surface area contributed by atoms with E-state index in [1.54, 1.807) is 0 Å². The van der Waals surface area contributed by atoms with E-state index in [1.165, 1.54) is 24.3 Å². The van der Waals surface area contributed by atoms with E-state index in [0.717, 1.165) is 12.8 Å². The lowest BCUT2D eigenvalue weighted by atomic mass is 10.3. The molecule has 1 fully saturated rings. The molecule has 2 rings (SSSR count). The molecule has 0 unspecified atom stereocenters. The van der Waals surface area contributed by atoms with Crippen molar-refractivity contribution >= 4 is 35.1 Å². The summed E-state index contributed by atoms with van der Waals surface area (Å²) in [5.74, 6) is 1.26. The summed E-state index contributed by atoms with van der Waals surface area (Å²) in [7, 11) is -0.622. The van der Waals surface area contributed by atoms with Crippen molar-refractivity contribution in [2.45, 2.75) is 17.7 Å². The number of hydrogen-bond acceptors (Lipinski definition) is 4. The normalized spacial score (nSPS) is 19.1. The van der Waals surface area contributed by atoms with Gasteiger partial charge in [-0.1, -0.05) is 0 Å². The Hall–Kier alpha value is -0.590. The Morgan fingerprint density at radius 1 is 1.12 bits per heavy atom. The lowest BCUT2D eigenvalue weighted by Gasteiger charge is -2.01. The van der Waals surface area contributed by atoms with Crippen molar-refractivity contribution in [2.24, 2.45) is 4.36 Å². The molecule has 0 radical (unpaired) electrons. The summed E-state index contributed by atoms with van der Waals surface area (Å²) < 4.78 is 38.4. The van der Waals surface area contributed by atoms with Crippen LogP contribution in [0.4, 0.5) is 5.69 Å². The second kappa shape index (κ2) is 4.59. The summed E-state index contributed by atoms with van der Waals surface area (Å²) >= 11 is 0. The van der Waals surface area contributed by atoms with E-state index in [2.05, 4.69) is 4.36 Å². The molecule has 0 atom stereocenters. The van der Waals surface area contributed by atoms with Gasteiger partial charge in [-0.25, -0.2) is 12.6 Å². The first-order chi connectivity index (χ1) is 7.89. The van der Waals surface area contributed by atoms with Crippen LogP contribution in [-0.4, -0.2) is 24.1 Å². The van der Waals surface area contributed by atoms with Crippen LogP contribution in [0.25, 0.3) is 0 Å². The van der Waals surface area contributed by atoms with Gasteiger partial charge in [0, 0.05) is 22.2 Å². The average molecular weight is 294 g/mol. The molecular formula is C10H12ClNO3S2. The van der Waals surface area contributed by atoms with Crippen molar-refractivity contribution in [1.82, 2.24) is 0 Å². The maximum absolute atomic E-state index is 12.1. The third kappa shape index (κ3) is 3.20. The van der Waals surface area contributed by atoms with Crippen LogP contribution in [0.3, 0.4) is 0 Å². The molecule has 0 saturated carbocycles. The molecule has 1 aromatic carbocycles. The molecule has 1 heterocycles. The molecule has 0 amide bonds. The maximum atomic E-state index is 12.1. The lowest BCUT2D eigenvalue weighted by molar-refractivity contribution is 0.609. The Bertz CT molecular complexity index is 616. The summed E-state index contributed by atoms with van der Waals surface area (Å²) in [4.78, 5) is 0.0273. The van der Waals surface area contributed by atoms with Crippen molar-refractivity contribution in [3.8, 4) is 0 Å². The molecule has 0 N–H and O–H groups in total. The summed E-state index contributed by atoms with van der Waals surface area (Å²) in [5.41, 5.74) is 0.543. The van der Waals surface area contributed by atoms with Crippen molar-refractivity contribution in [2.75, 3.05) is 11.5 Å². The number of benzene rings is 1. The highest BCUT2D eigenvalue weighted by Gasteiger charge is 2.16. The van der Waals surface area contributed by atoms with Crippen molar-refractivity contribution in [3.63, 3.8) is 0 Å². The Balaban J connectivity index is 2.34. The van der Waals surface area contributed by atoms with Crippen molar-refractivity contribution in [3.05, 3.63) is 24.3 Å². The SMILES string of the molecule is O=S(=O)(Cl)c1ccc(N=S2(=O)CCCC2)cc1. The fourth-order valence-corrected chi connectivity index (χ4v) is 4.68. The fraction of sp³-hybridized carbons (Fsp3) is 0.400. The van der Waals surface area contributed by atoms with E-state index in [9.17, 15) is 12.6 Å². The summed E-state index contributed by atoms with van der Waals surface area (Å²) in [6, 6.07) is 5.80. The molecule has 0 aliphatic carbocycles. The van der Waals surface area contributed by atoms with E-state index in [4.69, 9.17) is 10.7 Å². The molecule has 4 nitrogen and oxygen atoms in total. The van der Waals surface area contributed by atoms with Crippen LogP contribution in [0.1, 0.15) is 12.8 Å². The zero-order valence-electron chi connectivity index (χ0n) is 9.00. The van der Waals surface area contributed by atoms with Crippen molar-refractivity contribution < 1.29 is 12.6 Å². The molecule has 17 heavy (non-hydrogen) atoms. The highest BCUT2D eigenvalue weighted by molar-refractivity contribution is 8.13. The number of rotatable bonds is 2. The van der Waals surface area contributed by atoms with Gasteiger partial charge in [0.05, 0.1) is 20.3 Å². The smallest absolute Gasteiger partial charge is 0.249 e. The highest BCUT2D eigenvalue weighted by Crippen LogP contribution is 2.23. The molecule has 94 valence electrons. The van der Waals surface area contributed by atoms with Gasteiger partial charge in [0.15, 0.2) is 0 Å². The molecule has 0 bridgehead atoms. The highest BCUT2D eigenvalue weighted by atomic mass is 35.7. The molecule has 0 spiro atoms. The fourth-order valence-electron chi connectivity index (χ4n) is 1.71. The second-order valence-electron chi connectivity index (χ2n) is 3.91. The van der Waals surface area contributed by atoms with Crippen LogP contribution in [0.5, 0.6) is 0 Å². The van der Waals surface area contributed by atoms with Gasteiger partial charge in [0.25, 0.3) is 9.05 Å². The minimum Gasteiger partial charge on any atom is -0.249 e. The topological polar surface area (TPSA) is 63.6 Å². The molecule has 1 aromatic rings. The lowest BCUT2D eigenvalue weighted by Crippen LogP contribution is -1.99. The standard InChI is InChI=1S/C10H12ClNO3S2/c11-17(14,15)10-5-3-9(4-6-10)12-16(13)7-1-2-8-16/h3-6H,1-2,7-8H2. The minimum absolute atomic E-state index is 0.0273. The van der Waals surface area contributed by atoms with Crippen LogP contribution in [-0.2, 0) is 18.8 Å². The summed E-state index contributed by atoms with van der Waals surface area (Å²) in [5, 5.41) is 0. The van der Waals surface area contributed by atoms with Crippen LogP contribution in [0.15, 0.2) is 33.5 Å². The summed E-state index contributed by atoms with van der Waals surface area (Å²) in [6.07, 6.45) is 1.88. The van der Waals surface area contributed by atoms with Gasteiger partial charge in [-0.2, -0.15) is 4.36 Å². The molecule has 1 aliphatic heterocycles. The monoisotopic (exact) mass is 293 g/mol. The first kappa shape index (κ1) is 12.9. The molecule has 1 aliphatic rings. The van der Waals surface area contributed by atoms with Gasteiger partial charge in [0.1, 0.15) is 0 Å². The molecule has 1 saturated heterocycles. The maximum Gasteiger partial charge on any atom is 0.261 e. The third-order valence-corrected chi connectivity index (χ3v) is 6.33. The Morgan fingerprint density at radius 3 is 2.12 bits per heavy atom. The van der Waals surface area contributed by atoms with Gasteiger partial charge >= 0.3 is 0 Å². The summed E-state index contributed by atoms with van der Waals surface area (Å²) in [6.45, 7) is 0. The van der Waals surface area contributed by atoms with Gasteiger partial charge in [-0.05, 0) is 37.1 Å². The minimum atomic E-state index is -3.70. The number of halogens is 1. The average Bonchev–Trinajstić information content (AvgIpc) is 2.64. The Morgan fingerprint density at radius 2 is 1.65 bits per heavy atom. The van der Waals surface area contributed by atoms with Crippen LogP contribution < -0.4 is 0 Å². The van der Waals surface area contributed by atoms with E-state index in [1.807, 2.05) is 0 Å². The zero-order chi connectivity index (χ0) is 12.5. The quantitative estimate of drug-likeness (QED) is 0.787. The van der Waals surface area contributed by atoms with Crippen molar-refractivity contribution in [1.29, 1.82) is 0 Å². The van der Waals surface area contributed by atoms with Gasteiger partial charge in [-0.15, -0.1) is 0 Å². The zero-order valence-corrected chi connectivity index (χ0v) is 11.4. The van der Waals surface area contributed by atoms with E-state index >= 15 is 0 Å². The van der Waals surface area contributed by atoms with Gasteiger partial charge in [0.2, 0.25) is 0 Å². The van der Waals surface area contributed by atoms with Crippen LogP contribution in [0.2, 0.25) is 0 Å².